The van der Waals surface area contributed by atoms with Crippen LogP contribution >= 0.6 is 11.3 Å². The summed E-state index contributed by atoms with van der Waals surface area (Å²) in [5.41, 5.74) is 1.16. The SMILES string of the molecule is O=C(CCc1nc(-c2ccsc2)no1)Nc1ccccc1S(=O)(=O)N1CCCCC1. The molecule has 0 bridgehead atoms. The lowest BCUT2D eigenvalue weighted by Crippen LogP contribution is -2.36. The molecule has 1 N–H and O–H groups in total. The summed E-state index contributed by atoms with van der Waals surface area (Å²) < 4.78 is 32.8. The lowest BCUT2D eigenvalue weighted by molar-refractivity contribution is -0.116. The summed E-state index contributed by atoms with van der Waals surface area (Å²) in [6.07, 6.45) is 3.11. The minimum absolute atomic E-state index is 0.101. The molecule has 1 amide bonds. The lowest BCUT2D eigenvalue weighted by atomic mass is 10.2. The summed E-state index contributed by atoms with van der Waals surface area (Å²) in [5.74, 6) is 0.539. The van der Waals surface area contributed by atoms with Crippen molar-refractivity contribution >= 4 is 33.0 Å². The van der Waals surface area contributed by atoms with Crippen LogP contribution in [0.25, 0.3) is 11.4 Å². The molecule has 1 aliphatic rings. The number of nitrogens with one attached hydrogen (secondary N) is 1. The van der Waals surface area contributed by atoms with Crippen molar-refractivity contribution in [3.63, 3.8) is 0 Å². The molecule has 1 saturated heterocycles. The average molecular weight is 447 g/mol. The number of benzene rings is 1. The van der Waals surface area contributed by atoms with Crippen LogP contribution in [0.1, 0.15) is 31.6 Å². The lowest BCUT2D eigenvalue weighted by Gasteiger charge is -2.26. The maximum Gasteiger partial charge on any atom is 0.245 e. The Balaban J connectivity index is 1.41. The fourth-order valence-corrected chi connectivity index (χ4v) is 5.64. The zero-order chi connectivity index (χ0) is 21.0. The zero-order valence-electron chi connectivity index (χ0n) is 16.3. The highest BCUT2D eigenvalue weighted by molar-refractivity contribution is 7.89. The highest BCUT2D eigenvalue weighted by Gasteiger charge is 2.28. The summed E-state index contributed by atoms with van der Waals surface area (Å²) in [6, 6.07) is 8.40. The molecule has 10 heteroatoms. The van der Waals surface area contributed by atoms with Crippen LogP contribution in [0.2, 0.25) is 0 Å². The standard InChI is InChI=1S/C20H22N4O4S2/c25-18(8-9-19-22-20(23-28-19)15-10-13-29-14-15)21-16-6-2-3-7-17(16)30(26,27)24-11-4-1-5-12-24/h2-3,6-7,10,13-14H,1,4-5,8-9,11-12H2,(H,21,25). The monoisotopic (exact) mass is 446 g/mol. The Morgan fingerprint density at radius 3 is 2.73 bits per heavy atom. The fraction of sp³-hybridized carbons (Fsp3) is 0.350. The predicted molar refractivity (Wildman–Crippen MR) is 114 cm³/mol. The minimum Gasteiger partial charge on any atom is -0.339 e. The number of carbonyl (C=O) groups excluding carboxylic acids is 1. The number of piperidine rings is 1. The molecule has 1 fully saturated rings. The summed E-state index contributed by atoms with van der Waals surface area (Å²) in [5, 5.41) is 10.5. The van der Waals surface area contributed by atoms with Crippen LogP contribution in [0.4, 0.5) is 5.69 Å². The van der Waals surface area contributed by atoms with Gasteiger partial charge in [-0.1, -0.05) is 23.7 Å². The van der Waals surface area contributed by atoms with Gasteiger partial charge in [0.1, 0.15) is 4.90 Å². The van der Waals surface area contributed by atoms with Crippen molar-refractivity contribution in [2.75, 3.05) is 18.4 Å². The number of hydrogen-bond acceptors (Lipinski definition) is 7. The molecule has 0 atom stereocenters. The van der Waals surface area contributed by atoms with E-state index in [9.17, 15) is 13.2 Å². The van der Waals surface area contributed by atoms with Gasteiger partial charge in [-0.05, 0) is 36.4 Å². The van der Waals surface area contributed by atoms with Gasteiger partial charge >= 0.3 is 0 Å². The molecule has 4 rings (SSSR count). The van der Waals surface area contributed by atoms with Crippen molar-refractivity contribution in [3.8, 4) is 11.4 Å². The van der Waals surface area contributed by atoms with Gasteiger partial charge in [0.15, 0.2) is 0 Å². The molecular formula is C20H22N4O4S2. The third-order valence-corrected chi connectivity index (χ3v) is 7.55. The average Bonchev–Trinajstić information content (AvgIpc) is 3.45. The van der Waals surface area contributed by atoms with Gasteiger partial charge in [0.2, 0.25) is 27.6 Å². The van der Waals surface area contributed by atoms with E-state index >= 15 is 0 Å². The van der Waals surface area contributed by atoms with Crippen molar-refractivity contribution < 1.29 is 17.7 Å². The van der Waals surface area contributed by atoms with Gasteiger partial charge in [0.05, 0.1) is 5.69 Å². The number of carbonyl (C=O) groups is 1. The van der Waals surface area contributed by atoms with Crippen LogP contribution in [-0.2, 0) is 21.2 Å². The smallest absolute Gasteiger partial charge is 0.245 e. The first kappa shape index (κ1) is 20.7. The Kier molecular flexibility index (Phi) is 6.26. The summed E-state index contributed by atoms with van der Waals surface area (Å²) >= 11 is 1.54. The predicted octanol–water partition coefficient (Wildman–Crippen LogP) is 3.54. The molecule has 0 radical (unpaired) electrons. The molecule has 0 spiro atoms. The van der Waals surface area contributed by atoms with Crippen LogP contribution in [-0.4, -0.2) is 41.9 Å². The second-order valence-corrected chi connectivity index (χ2v) is 9.72. The molecule has 3 heterocycles. The number of aryl methyl sites for hydroxylation is 1. The van der Waals surface area contributed by atoms with Crippen LogP contribution < -0.4 is 5.32 Å². The van der Waals surface area contributed by atoms with Gasteiger partial charge in [-0.15, -0.1) is 0 Å². The molecule has 1 aromatic carbocycles. The number of thiophene rings is 1. The first-order valence-corrected chi connectivity index (χ1v) is 12.2. The zero-order valence-corrected chi connectivity index (χ0v) is 17.9. The van der Waals surface area contributed by atoms with E-state index in [0.717, 1.165) is 24.8 Å². The van der Waals surface area contributed by atoms with E-state index in [1.807, 2.05) is 16.8 Å². The maximum atomic E-state index is 13.0. The van der Waals surface area contributed by atoms with E-state index in [1.54, 1.807) is 18.2 Å². The van der Waals surface area contributed by atoms with E-state index in [0.29, 0.717) is 24.8 Å². The van der Waals surface area contributed by atoms with Gasteiger partial charge in [-0.3, -0.25) is 4.79 Å². The number of anilines is 1. The van der Waals surface area contributed by atoms with E-state index in [-0.39, 0.29) is 29.3 Å². The molecule has 30 heavy (non-hydrogen) atoms. The van der Waals surface area contributed by atoms with Gasteiger partial charge in [-0.25, -0.2) is 8.42 Å². The van der Waals surface area contributed by atoms with Crippen LogP contribution in [0.5, 0.6) is 0 Å². The first-order chi connectivity index (χ1) is 14.5. The van der Waals surface area contributed by atoms with Crippen LogP contribution in [0.3, 0.4) is 0 Å². The number of rotatable bonds is 7. The minimum atomic E-state index is -3.65. The number of sulfonamides is 1. The number of aromatic nitrogens is 2. The topological polar surface area (TPSA) is 105 Å². The quantitative estimate of drug-likeness (QED) is 0.595. The molecule has 1 aliphatic heterocycles. The molecule has 0 saturated carbocycles. The largest absolute Gasteiger partial charge is 0.339 e. The Morgan fingerprint density at radius 1 is 1.17 bits per heavy atom. The molecular weight excluding hydrogens is 424 g/mol. The Hall–Kier alpha value is -2.56. The molecule has 3 aromatic rings. The van der Waals surface area contributed by atoms with Crippen LogP contribution in [0.15, 0.2) is 50.5 Å². The second kappa shape index (κ2) is 9.07. The van der Waals surface area contributed by atoms with E-state index < -0.39 is 10.0 Å². The van der Waals surface area contributed by atoms with E-state index in [4.69, 9.17) is 4.52 Å². The first-order valence-electron chi connectivity index (χ1n) is 9.78. The fourth-order valence-electron chi connectivity index (χ4n) is 3.34. The molecule has 158 valence electrons. The Bertz CT molecular complexity index is 1100. The number of amides is 1. The van der Waals surface area contributed by atoms with Gasteiger partial charge < -0.3 is 9.84 Å². The Morgan fingerprint density at radius 2 is 1.97 bits per heavy atom. The highest BCUT2D eigenvalue weighted by Crippen LogP contribution is 2.27. The summed E-state index contributed by atoms with van der Waals surface area (Å²) in [6.45, 7) is 1.02. The van der Waals surface area contributed by atoms with Crippen molar-refractivity contribution in [2.24, 2.45) is 0 Å². The van der Waals surface area contributed by atoms with Gasteiger partial charge in [0.25, 0.3) is 0 Å². The molecule has 0 unspecified atom stereocenters. The third-order valence-electron chi connectivity index (χ3n) is 4.91. The number of nitrogens with zero attached hydrogens (tertiary/aromatic N) is 3. The normalized spacial score (nSPS) is 15.2. The Labute approximate surface area is 179 Å². The van der Waals surface area contributed by atoms with Crippen molar-refractivity contribution in [1.82, 2.24) is 14.4 Å². The molecule has 0 aliphatic carbocycles. The number of para-hydroxylation sites is 1. The van der Waals surface area contributed by atoms with Crippen molar-refractivity contribution in [1.29, 1.82) is 0 Å². The molecule has 8 nitrogen and oxygen atoms in total. The van der Waals surface area contributed by atoms with Crippen LogP contribution in [0, 0.1) is 0 Å². The van der Waals surface area contributed by atoms with Gasteiger partial charge in [0, 0.05) is 36.9 Å². The molecule has 2 aromatic heterocycles. The summed E-state index contributed by atoms with van der Waals surface area (Å²) in [4.78, 5) is 16.9. The number of hydrogen-bond donors (Lipinski definition) is 1. The maximum absolute atomic E-state index is 13.0. The third kappa shape index (κ3) is 4.61. The second-order valence-electron chi connectivity index (χ2n) is 7.03. The van der Waals surface area contributed by atoms with E-state index in [2.05, 4.69) is 15.5 Å². The highest BCUT2D eigenvalue weighted by atomic mass is 32.2. The van der Waals surface area contributed by atoms with Crippen molar-refractivity contribution in [2.45, 2.75) is 37.0 Å². The van der Waals surface area contributed by atoms with Crippen molar-refractivity contribution in [3.05, 3.63) is 47.0 Å². The van der Waals surface area contributed by atoms with Gasteiger partial charge in [-0.2, -0.15) is 20.6 Å². The summed E-state index contributed by atoms with van der Waals surface area (Å²) in [7, 11) is -3.65. The van der Waals surface area contributed by atoms with E-state index in [1.165, 1.54) is 21.7 Å².